The fourth-order valence-electron chi connectivity index (χ4n) is 1.67. The number of carboxylic acid groups (broad SMARTS) is 1. The second kappa shape index (κ2) is 5.38. The van der Waals surface area contributed by atoms with Crippen molar-refractivity contribution >= 4 is 23.0 Å². The van der Waals surface area contributed by atoms with Gasteiger partial charge in [0.25, 0.3) is 5.56 Å². The number of carbonyl (C=O) groups excluding carboxylic acids is 1. The predicted octanol–water partition coefficient (Wildman–Crippen LogP) is -1.71. The molecule has 2 aromatic heterocycles. The maximum absolute atomic E-state index is 10.9. The quantitative estimate of drug-likeness (QED) is 0.418. The minimum Gasteiger partial charge on any atom is -0.480 e. The predicted molar refractivity (Wildman–Crippen MR) is 66.1 cm³/mol. The van der Waals surface area contributed by atoms with E-state index in [1.165, 1.54) is 6.33 Å². The molecule has 2 aromatic rings. The monoisotopic (exact) mass is 281 g/mol. The van der Waals surface area contributed by atoms with Crippen molar-refractivity contribution < 1.29 is 14.7 Å². The van der Waals surface area contributed by atoms with Crippen molar-refractivity contribution in [1.82, 2.24) is 25.3 Å². The summed E-state index contributed by atoms with van der Waals surface area (Å²) in [6, 6.07) is -0.641. The first-order valence-electron chi connectivity index (χ1n) is 5.65. The third-order valence-corrected chi connectivity index (χ3v) is 2.62. The summed E-state index contributed by atoms with van der Waals surface area (Å²) in [5, 5.41) is 10.6. The highest BCUT2D eigenvalue weighted by Gasteiger charge is 2.26. The van der Waals surface area contributed by atoms with Crippen molar-refractivity contribution in [2.45, 2.75) is 18.9 Å². The van der Waals surface area contributed by atoms with E-state index in [2.05, 4.69) is 25.3 Å². The lowest BCUT2D eigenvalue weighted by molar-refractivity contribution is -0.140. The highest BCUT2D eigenvalue weighted by atomic mass is 16.4. The molecule has 1 aliphatic rings. The lowest BCUT2D eigenvalue weighted by atomic mass is 10.2. The van der Waals surface area contributed by atoms with Gasteiger partial charge in [0.05, 0.1) is 6.33 Å². The molecule has 20 heavy (non-hydrogen) atoms. The van der Waals surface area contributed by atoms with Gasteiger partial charge < -0.3 is 15.4 Å². The van der Waals surface area contributed by atoms with Gasteiger partial charge in [0.2, 0.25) is 5.91 Å². The van der Waals surface area contributed by atoms with Crippen LogP contribution in [0.4, 0.5) is 0 Å². The largest absolute Gasteiger partial charge is 0.480 e. The molecular weight excluding hydrogens is 270 g/mol. The third kappa shape index (κ3) is 2.91. The number of carboxylic acids is 1. The van der Waals surface area contributed by atoms with Crippen LogP contribution in [-0.4, -0.2) is 43.0 Å². The summed E-state index contributed by atoms with van der Waals surface area (Å²) in [6.07, 6.45) is 2.11. The van der Waals surface area contributed by atoms with E-state index in [0.29, 0.717) is 12.8 Å². The van der Waals surface area contributed by atoms with E-state index in [9.17, 15) is 19.2 Å². The van der Waals surface area contributed by atoms with Crippen molar-refractivity contribution in [2.75, 3.05) is 0 Å². The second-order valence-electron chi connectivity index (χ2n) is 4.03. The Balaban J connectivity index is 0.000000151. The Bertz CT molecular complexity index is 757. The van der Waals surface area contributed by atoms with Crippen LogP contribution in [0.25, 0.3) is 11.2 Å². The molecule has 106 valence electrons. The molecule has 3 heterocycles. The molecule has 10 heteroatoms. The van der Waals surface area contributed by atoms with Gasteiger partial charge in [-0.25, -0.2) is 14.6 Å². The van der Waals surface area contributed by atoms with Crippen LogP contribution in [0.1, 0.15) is 12.8 Å². The standard InChI is InChI=1S/C5H4N4O2.C5H7NO3/c10-4-2-3(7-1-6-2)8-5(11)9-4;7-4-2-1-3(6-4)5(8)9/h1H,(H3,6,7,8,9,10,11);3H,1-2H2,(H,6,7)(H,8,9)/t;3-/m.0/s1. The molecular formula is C10H11N5O5. The van der Waals surface area contributed by atoms with E-state index in [1.54, 1.807) is 0 Å². The normalized spacial score (nSPS) is 17.4. The molecule has 5 N–H and O–H groups in total. The van der Waals surface area contributed by atoms with Crippen LogP contribution in [0.3, 0.4) is 0 Å². The first-order valence-corrected chi connectivity index (χ1v) is 5.65. The summed E-state index contributed by atoms with van der Waals surface area (Å²) in [5.74, 6) is -1.11. The summed E-state index contributed by atoms with van der Waals surface area (Å²) in [7, 11) is 0. The minimum absolute atomic E-state index is 0.164. The Morgan fingerprint density at radius 3 is 2.60 bits per heavy atom. The fraction of sp³-hybridized carbons (Fsp3) is 0.300. The zero-order valence-electron chi connectivity index (χ0n) is 10.1. The van der Waals surface area contributed by atoms with Crippen LogP contribution >= 0.6 is 0 Å². The van der Waals surface area contributed by atoms with E-state index in [4.69, 9.17) is 5.11 Å². The Morgan fingerprint density at radius 2 is 2.05 bits per heavy atom. The smallest absolute Gasteiger partial charge is 0.327 e. The first kappa shape index (κ1) is 13.5. The van der Waals surface area contributed by atoms with Crippen molar-refractivity contribution in [3.63, 3.8) is 0 Å². The number of aromatic amines is 3. The number of fused-ring (bicyclic) bond motifs is 1. The van der Waals surface area contributed by atoms with E-state index < -0.39 is 23.3 Å². The summed E-state index contributed by atoms with van der Waals surface area (Å²) in [4.78, 5) is 52.8. The lowest BCUT2D eigenvalue weighted by Gasteiger charge is -1.99. The molecule has 1 amide bonds. The number of hydrogen-bond donors (Lipinski definition) is 5. The van der Waals surface area contributed by atoms with E-state index in [-0.39, 0.29) is 17.1 Å². The molecule has 0 saturated carbocycles. The number of nitrogens with one attached hydrogen (secondary N) is 4. The number of aliphatic carboxylic acids is 1. The van der Waals surface area contributed by atoms with Gasteiger partial charge in [0.15, 0.2) is 5.65 Å². The van der Waals surface area contributed by atoms with Gasteiger partial charge >= 0.3 is 11.7 Å². The minimum atomic E-state index is -0.944. The molecule has 1 fully saturated rings. The molecule has 1 saturated heterocycles. The number of rotatable bonds is 1. The Morgan fingerprint density at radius 1 is 1.30 bits per heavy atom. The summed E-state index contributed by atoms with van der Waals surface area (Å²) >= 11 is 0. The van der Waals surface area contributed by atoms with Gasteiger partial charge in [0.1, 0.15) is 11.6 Å². The van der Waals surface area contributed by atoms with Crippen LogP contribution in [0.2, 0.25) is 0 Å². The highest BCUT2D eigenvalue weighted by molar-refractivity contribution is 5.87. The molecule has 0 unspecified atom stereocenters. The van der Waals surface area contributed by atoms with Crippen molar-refractivity contribution in [1.29, 1.82) is 0 Å². The van der Waals surface area contributed by atoms with Crippen LogP contribution in [0.15, 0.2) is 15.9 Å². The zero-order chi connectivity index (χ0) is 14.7. The average Bonchev–Trinajstić information content (AvgIpc) is 2.98. The zero-order valence-corrected chi connectivity index (χ0v) is 10.1. The van der Waals surface area contributed by atoms with Gasteiger partial charge in [-0.1, -0.05) is 0 Å². The maximum Gasteiger partial charge on any atom is 0.327 e. The van der Waals surface area contributed by atoms with Crippen molar-refractivity contribution in [2.24, 2.45) is 0 Å². The molecule has 0 bridgehead atoms. The van der Waals surface area contributed by atoms with Crippen LogP contribution in [-0.2, 0) is 9.59 Å². The topological polar surface area (TPSA) is 161 Å². The molecule has 10 nitrogen and oxygen atoms in total. The number of aromatic nitrogens is 4. The second-order valence-corrected chi connectivity index (χ2v) is 4.03. The number of amides is 1. The molecule has 0 spiro atoms. The number of imidazole rings is 1. The molecule has 3 rings (SSSR count). The van der Waals surface area contributed by atoms with Gasteiger partial charge in [-0.2, -0.15) is 0 Å². The van der Waals surface area contributed by atoms with Crippen LogP contribution in [0, 0.1) is 0 Å². The van der Waals surface area contributed by atoms with Crippen LogP contribution in [0.5, 0.6) is 0 Å². The van der Waals surface area contributed by atoms with Gasteiger partial charge in [-0.05, 0) is 6.42 Å². The van der Waals surface area contributed by atoms with E-state index in [1.807, 2.05) is 0 Å². The van der Waals surface area contributed by atoms with Crippen molar-refractivity contribution in [3.05, 3.63) is 27.2 Å². The summed E-state index contributed by atoms with van der Waals surface area (Å²) < 4.78 is 0. The summed E-state index contributed by atoms with van der Waals surface area (Å²) in [6.45, 7) is 0. The molecule has 1 aliphatic heterocycles. The van der Waals surface area contributed by atoms with Gasteiger partial charge in [0, 0.05) is 6.42 Å². The maximum atomic E-state index is 10.9. The highest BCUT2D eigenvalue weighted by Crippen LogP contribution is 2.05. The van der Waals surface area contributed by atoms with E-state index >= 15 is 0 Å². The van der Waals surface area contributed by atoms with Crippen molar-refractivity contribution in [3.8, 4) is 0 Å². The SMILES string of the molecule is O=C1CC[C@@H](C(=O)O)N1.O=c1[nH]c(=O)c2[nH]cnc2[nH]1. The molecule has 1 atom stereocenters. The third-order valence-electron chi connectivity index (χ3n) is 2.62. The van der Waals surface area contributed by atoms with Gasteiger partial charge in [-0.3, -0.25) is 19.6 Å². The Labute approximate surface area is 110 Å². The number of H-pyrrole nitrogens is 3. The fourth-order valence-corrected chi connectivity index (χ4v) is 1.67. The lowest BCUT2D eigenvalue weighted by Crippen LogP contribution is -2.32. The molecule has 0 radical (unpaired) electrons. The average molecular weight is 281 g/mol. The van der Waals surface area contributed by atoms with E-state index in [0.717, 1.165) is 0 Å². The number of carbonyl (C=O) groups is 2. The Kier molecular flexibility index (Phi) is 3.64. The molecule has 0 aromatic carbocycles. The van der Waals surface area contributed by atoms with Gasteiger partial charge in [-0.15, -0.1) is 0 Å². The number of hydrogen-bond acceptors (Lipinski definition) is 5. The summed E-state index contributed by atoms with van der Waals surface area (Å²) in [5.41, 5.74) is -0.445. The molecule has 0 aliphatic carbocycles. The first-order chi connectivity index (χ1) is 9.47. The Hall–Kier alpha value is -2.91. The number of nitrogens with zero attached hydrogens (tertiary/aromatic N) is 1. The van der Waals surface area contributed by atoms with Crippen LogP contribution < -0.4 is 16.6 Å².